The monoisotopic (exact) mass is 336 g/mol. The van der Waals surface area contributed by atoms with Gasteiger partial charge in [0.25, 0.3) is 0 Å². The summed E-state index contributed by atoms with van der Waals surface area (Å²) in [5.74, 6) is -5.49. The van der Waals surface area contributed by atoms with Gasteiger partial charge in [-0.1, -0.05) is 12.1 Å². The van der Waals surface area contributed by atoms with Gasteiger partial charge in [-0.3, -0.25) is 14.4 Å². The predicted molar refractivity (Wildman–Crippen MR) is 66.9 cm³/mol. The third-order valence-corrected chi connectivity index (χ3v) is 2.96. The molecule has 0 spiro atoms. The maximum atomic E-state index is 12.1. The van der Waals surface area contributed by atoms with Crippen molar-refractivity contribution in [3.05, 3.63) is 29.8 Å². The van der Waals surface area contributed by atoms with E-state index in [2.05, 4.69) is 4.74 Å². The summed E-state index contributed by atoms with van der Waals surface area (Å²) >= 11 is 0. The van der Waals surface area contributed by atoms with Crippen molar-refractivity contribution in [2.45, 2.75) is 24.6 Å². The largest absolute Gasteiger partial charge is 0.573 e. The first kappa shape index (κ1) is 18.3. The summed E-state index contributed by atoms with van der Waals surface area (Å²) in [4.78, 5) is 33.3. The third kappa shape index (κ3) is 4.87. The van der Waals surface area contributed by atoms with E-state index in [0.29, 0.717) is 0 Å². The zero-order valence-corrected chi connectivity index (χ0v) is 11.3. The van der Waals surface area contributed by atoms with Crippen LogP contribution in [0.4, 0.5) is 13.2 Å². The molecule has 3 N–H and O–H groups in total. The van der Waals surface area contributed by atoms with Crippen molar-refractivity contribution in [1.29, 1.82) is 0 Å². The number of ether oxygens (including phenoxy) is 1. The molecule has 0 bridgehead atoms. The Morgan fingerprint density at radius 3 is 1.65 bits per heavy atom. The van der Waals surface area contributed by atoms with Crippen molar-refractivity contribution < 1.29 is 47.6 Å². The summed E-state index contributed by atoms with van der Waals surface area (Å²) in [7, 11) is 0. The molecule has 0 atom stereocenters. The number of hydrogen-bond acceptors (Lipinski definition) is 4. The topological polar surface area (TPSA) is 121 Å². The predicted octanol–water partition coefficient (Wildman–Crippen LogP) is 1.86. The standard InChI is InChI=1S/C13H11F3O7/c14-13(15,16)23-8-3-1-7(2-4-8)12(11(21)22,5-9(17)18)6-10(19)20/h1-4H,5-6H2,(H,17,18)(H,19,20)(H,21,22). The molecule has 0 heterocycles. The first-order valence-electron chi connectivity index (χ1n) is 5.99. The molecule has 0 saturated carbocycles. The minimum Gasteiger partial charge on any atom is -0.481 e. The highest BCUT2D eigenvalue weighted by molar-refractivity contribution is 5.91. The lowest BCUT2D eigenvalue weighted by Gasteiger charge is -2.26. The second kappa shape index (κ2) is 6.55. The van der Waals surface area contributed by atoms with Gasteiger partial charge >= 0.3 is 24.3 Å². The fourth-order valence-electron chi connectivity index (χ4n) is 2.03. The minimum atomic E-state index is -4.95. The molecule has 1 rings (SSSR count). The number of benzene rings is 1. The van der Waals surface area contributed by atoms with Gasteiger partial charge < -0.3 is 20.1 Å². The molecule has 10 heteroatoms. The average molecular weight is 336 g/mol. The second-order valence-corrected chi connectivity index (χ2v) is 4.60. The van der Waals surface area contributed by atoms with E-state index >= 15 is 0 Å². The van der Waals surface area contributed by atoms with E-state index in [1.165, 1.54) is 0 Å². The molecule has 0 unspecified atom stereocenters. The van der Waals surface area contributed by atoms with Gasteiger partial charge in [0.15, 0.2) is 0 Å². The molecule has 0 fully saturated rings. The summed E-state index contributed by atoms with van der Waals surface area (Å²) < 4.78 is 39.8. The van der Waals surface area contributed by atoms with E-state index in [1.54, 1.807) is 0 Å². The lowest BCUT2D eigenvalue weighted by atomic mass is 9.75. The fourth-order valence-corrected chi connectivity index (χ4v) is 2.03. The van der Waals surface area contributed by atoms with Crippen LogP contribution in [0.5, 0.6) is 5.75 Å². The number of rotatable bonds is 7. The van der Waals surface area contributed by atoms with Crippen LogP contribution >= 0.6 is 0 Å². The van der Waals surface area contributed by atoms with Gasteiger partial charge in [-0.2, -0.15) is 0 Å². The Labute approximate surface area is 126 Å². The van der Waals surface area contributed by atoms with E-state index < -0.39 is 48.3 Å². The van der Waals surface area contributed by atoms with E-state index in [4.69, 9.17) is 10.2 Å². The Hall–Kier alpha value is -2.78. The van der Waals surface area contributed by atoms with E-state index in [1.807, 2.05) is 0 Å². The summed E-state index contributed by atoms with van der Waals surface area (Å²) in [6.45, 7) is 0. The maximum Gasteiger partial charge on any atom is 0.573 e. The number of carboxylic acids is 3. The van der Waals surface area contributed by atoms with Crippen LogP contribution in [0.1, 0.15) is 18.4 Å². The molecule has 0 saturated heterocycles. The van der Waals surface area contributed by atoms with Crippen LogP contribution in [0.3, 0.4) is 0 Å². The Bertz CT molecular complexity index is 591. The molecule has 0 aromatic heterocycles. The molecule has 0 aliphatic carbocycles. The SMILES string of the molecule is O=C(O)CC(CC(=O)O)(C(=O)O)c1ccc(OC(F)(F)F)cc1. The highest BCUT2D eigenvalue weighted by Gasteiger charge is 2.45. The smallest absolute Gasteiger partial charge is 0.481 e. The maximum absolute atomic E-state index is 12.1. The van der Waals surface area contributed by atoms with E-state index in [9.17, 15) is 32.7 Å². The van der Waals surface area contributed by atoms with Gasteiger partial charge in [0.2, 0.25) is 0 Å². The Kier molecular flexibility index (Phi) is 5.20. The zero-order chi connectivity index (χ0) is 17.8. The first-order chi connectivity index (χ1) is 10.5. The van der Waals surface area contributed by atoms with Crippen LogP contribution in [0.2, 0.25) is 0 Å². The van der Waals surface area contributed by atoms with Gasteiger partial charge in [-0.25, -0.2) is 0 Å². The number of carboxylic acid groups (broad SMARTS) is 3. The Morgan fingerprint density at radius 1 is 0.913 bits per heavy atom. The van der Waals surface area contributed by atoms with Crippen molar-refractivity contribution >= 4 is 17.9 Å². The summed E-state index contributed by atoms with van der Waals surface area (Å²) in [6.07, 6.45) is -7.05. The molecule has 0 radical (unpaired) electrons. The number of aliphatic carboxylic acids is 3. The lowest BCUT2D eigenvalue weighted by Crippen LogP contribution is -2.40. The van der Waals surface area contributed by atoms with Crippen LogP contribution in [-0.4, -0.2) is 39.6 Å². The molecular weight excluding hydrogens is 325 g/mol. The van der Waals surface area contributed by atoms with Crippen molar-refractivity contribution in [2.24, 2.45) is 0 Å². The molecule has 7 nitrogen and oxygen atoms in total. The molecule has 1 aromatic carbocycles. The Balaban J connectivity index is 3.28. The van der Waals surface area contributed by atoms with Crippen molar-refractivity contribution in [1.82, 2.24) is 0 Å². The summed E-state index contributed by atoms with van der Waals surface area (Å²) in [5.41, 5.74) is -2.57. The van der Waals surface area contributed by atoms with Crippen LogP contribution in [0, 0.1) is 0 Å². The minimum absolute atomic E-state index is 0.260. The van der Waals surface area contributed by atoms with Crippen LogP contribution in [-0.2, 0) is 19.8 Å². The molecule has 1 aromatic rings. The molecule has 126 valence electrons. The van der Waals surface area contributed by atoms with Gasteiger partial charge in [0, 0.05) is 0 Å². The number of alkyl halides is 3. The molecule has 0 amide bonds. The molecule has 0 aliphatic rings. The Morgan fingerprint density at radius 2 is 1.35 bits per heavy atom. The van der Waals surface area contributed by atoms with Gasteiger partial charge in [-0.05, 0) is 17.7 Å². The van der Waals surface area contributed by atoms with Crippen LogP contribution in [0.15, 0.2) is 24.3 Å². The van der Waals surface area contributed by atoms with Crippen LogP contribution < -0.4 is 4.74 Å². The highest BCUT2D eigenvalue weighted by atomic mass is 19.4. The second-order valence-electron chi connectivity index (χ2n) is 4.60. The molecule has 23 heavy (non-hydrogen) atoms. The van der Waals surface area contributed by atoms with Crippen molar-refractivity contribution in [3.8, 4) is 5.75 Å². The summed E-state index contributed by atoms with van der Waals surface area (Å²) in [6, 6.07) is 3.34. The fraction of sp³-hybridized carbons (Fsp3) is 0.308. The van der Waals surface area contributed by atoms with E-state index in [0.717, 1.165) is 24.3 Å². The molecule has 0 aliphatic heterocycles. The van der Waals surface area contributed by atoms with Gasteiger partial charge in [0.05, 0.1) is 12.8 Å². The van der Waals surface area contributed by atoms with Gasteiger partial charge in [0.1, 0.15) is 11.2 Å². The third-order valence-electron chi connectivity index (χ3n) is 2.96. The molecular formula is C13H11F3O7. The van der Waals surface area contributed by atoms with Gasteiger partial charge in [-0.15, -0.1) is 13.2 Å². The summed E-state index contributed by atoms with van der Waals surface area (Å²) in [5, 5.41) is 27.0. The number of hydrogen-bond donors (Lipinski definition) is 3. The zero-order valence-electron chi connectivity index (χ0n) is 11.3. The normalized spacial score (nSPS) is 11.8. The highest BCUT2D eigenvalue weighted by Crippen LogP contribution is 2.34. The van der Waals surface area contributed by atoms with Crippen molar-refractivity contribution in [3.63, 3.8) is 0 Å². The number of carbonyl (C=O) groups is 3. The number of halogens is 3. The lowest BCUT2D eigenvalue weighted by molar-refractivity contribution is -0.274. The van der Waals surface area contributed by atoms with Crippen LogP contribution in [0.25, 0.3) is 0 Å². The quantitative estimate of drug-likeness (QED) is 0.695. The van der Waals surface area contributed by atoms with Crippen molar-refractivity contribution in [2.75, 3.05) is 0 Å². The van der Waals surface area contributed by atoms with E-state index in [-0.39, 0.29) is 5.56 Å². The first-order valence-corrected chi connectivity index (χ1v) is 5.99. The average Bonchev–Trinajstić information content (AvgIpc) is 2.35.